The number of rotatable bonds is 7. The molecule has 33 heavy (non-hydrogen) atoms. The zero-order valence-electron chi connectivity index (χ0n) is 18.5. The molecule has 3 N–H and O–H groups in total. The van der Waals surface area contributed by atoms with E-state index < -0.39 is 21.8 Å². The van der Waals surface area contributed by atoms with Gasteiger partial charge in [-0.15, -0.1) is 0 Å². The zero-order chi connectivity index (χ0) is 24.0. The molecule has 0 aliphatic carbocycles. The highest BCUT2D eigenvalue weighted by Gasteiger charge is 2.16. The summed E-state index contributed by atoms with van der Waals surface area (Å²) >= 11 is 0. The van der Waals surface area contributed by atoms with Crippen LogP contribution in [0.25, 0.3) is 0 Å². The van der Waals surface area contributed by atoms with Gasteiger partial charge >= 0.3 is 0 Å². The number of carbonyl (C=O) groups is 2. The van der Waals surface area contributed by atoms with Crippen molar-refractivity contribution in [1.29, 1.82) is 0 Å². The van der Waals surface area contributed by atoms with E-state index in [1.54, 1.807) is 36.4 Å². The number of hydrogen-bond acceptors (Lipinski definition) is 5. The van der Waals surface area contributed by atoms with Gasteiger partial charge in [0.05, 0.1) is 11.5 Å². The molecule has 0 spiro atoms. The molecule has 0 unspecified atom stereocenters. The van der Waals surface area contributed by atoms with Crippen LogP contribution >= 0.6 is 0 Å². The van der Waals surface area contributed by atoms with E-state index in [9.17, 15) is 18.0 Å². The summed E-state index contributed by atoms with van der Waals surface area (Å²) in [5, 5.41) is 0. The lowest BCUT2D eigenvalue weighted by atomic mass is 10.1. The Bertz CT molecular complexity index is 1250. The molecule has 0 aliphatic heterocycles. The summed E-state index contributed by atoms with van der Waals surface area (Å²) in [6.07, 6.45) is 0. The monoisotopic (exact) mass is 467 g/mol. The van der Waals surface area contributed by atoms with Gasteiger partial charge in [-0.3, -0.25) is 25.2 Å². The number of hydrazine groups is 1. The second kappa shape index (κ2) is 10.2. The van der Waals surface area contributed by atoms with Crippen molar-refractivity contribution in [1.82, 2.24) is 10.9 Å². The summed E-state index contributed by atoms with van der Waals surface area (Å²) in [5.41, 5.74) is 7.65. The van der Waals surface area contributed by atoms with Crippen molar-refractivity contribution in [3.8, 4) is 5.75 Å². The predicted molar refractivity (Wildman–Crippen MR) is 126 cm³/mol. The fraction of sp³-hybridized carbons (Fsp3) is 0.167. The van der Waals surface area contributed by atoms with Crippen molar-refractivity contribution in [3.05, 3.63) is 89.0 Å². The Morgan fingerprint density at radius 2 is 1.33 bits per heavy atom. The van der Waals surface area contributed by atoms with Crippen molar-refractivity contribution < 1.29 is 22.7 Å². The van der Waals surface area contributed by atoms with E-state index in [4.69, 9.17) is 4.74 Å². The number of carbonyl (C=O) groups excluding carboxylic acids is 2. The molecule has 8 nitrogen and oxygen atoms in total. The lowest BCUT2D eigenvalue weighted by molar-refractivity contribution is 0.0846. The molecule has 9 heteroatoms. The first kappa shape index (κ1) is 23.8. The quantitative estimate of drug-likeness (QED) is 0.460. The number of benzene rings is 3. The van der Waals surface area contributed by atoms with Gasteiger partial charge in [0.2, 0.25) is 0 Å². The number of anilines is 1. The van der Waals surface area contributed by atoms with Crippen molar-refractivity contribution >= 4 is 27.5 Å². The third-order valence-corrected chi connectivity index (χ3v) is 6.30. The molecule has 2 amide bonds. The minimum absolute atomic E-state index is 0.00991. The molecule has 0 saturated carbocycles. The largest absolute Gasteiger partial charge is 0.494 e. The van der Waals surface area contributed by atoms with Gasteiger partial charge in [-0.05, 0) is 92.6 Å². The van der Waals surface area contributed by atoms with Crippen molar-refractivity contribution in [2.45, 2.75) is 25.7 Å². The van der Waals surface area contributed by atoms with Crippen LogP contribution in [0.4, 0.5) is 5.69 Å². The van der Waals surface area contributed by atoms with Crippen LogP contribution < -0.4 is 20.3 Å². The van der Waals surface area contributed by atoms with Crippen LogP contribution in [0.15, 0.2) is 71.6 Å². The summed E-state index contributed by atoms with van der Waals surface area (Å²) in [7, 11) is -3.82. The molecule has 3 aromatic carbocycles. The van der Waals surface area contributed by atoms with Gasteiger partial charge in [0.25, 0.3) is 21.8 Å². The van der Waals surface area contributed by atoms with Crippen LogP contribution in [-0.4, -0.2) is 26.8 Å². The van der Waals surface area contributed by atoms with Gasteiger partial charge in [0, 0.05) is 16.8 Å². The Labute approximate surface area is 193 Å². The van der Waals surface area contributed by atoms with Crippen LogP contribution in [-0.2, 0) is 10.0 Å². The fourth-order valence-electron chi connectivity index (χ4n) is 2.93. The minimum Gasteiger partial charge on any atom is -0.494 e. The zero-order valence-corrected chi connectivity index (χ0v) is 19.3. The predicted octanol–water partition coefficient (Wildman–Crippen LogP) is 3.58. The van der Waals surface area contributed by atoms with Gasteiger partial charge in [-0.1, -0.05) is 6.07 Å². The van der Waals surface area contributed by atoms with Gasteiger partial charge in [-0.2, -0.15) is 0 Å². The van der Waals surface area contributed by atoms with Crippen LogP contribution in [0.2, 0.25) is 0 Å². The maximum atomic E-state index is 12.6. The number of ether oxygens (including phenoxy) is 1. The van der Waals surface area contributed by atoms with E-state index in [2.05, 4.69) is 15.6 Å². The summed E-state index contributed by atoms with van der Waals surface area (Å²) in [4.78, 5) is 24.5. The van der Waals surface area contributed by atoms with Gasteiger partial charge in [-0.25, -0.2) is 8.42 Å². The highest BCUT2D eigenvalue weighted by molar-refractivity contribution is 7.92. The molecule has 172 valence electrons. The molecule has 0 heterocycles. The topological polar surface area (TPSA) is 114 Å². The number of amides is 2. The number of nitrogens with one attached hydrogen (secondary N) is 3. The van der Waals surface area contributed by atoms with E-state index in [0.29, 0.717) is 23.6 Å². The fourth-order valence-corrected chi connectivity index (χ4v) is 3.98. The van der Waals surface area contributed by atoms with Crippen LogP contribution in [0.1, 0.15) is 38.8 Å². The number of aryl methyl sites for hydroxylation is 2. The van der Waals surface area contributed by atoms with Crippen molar-refractivity contribution in [3.63, 3.8) is 0 Å². The van der Waals surface area contributed by atoms with E-state index in [-0.39, 0.29) is 10.5 Å². The van der Waals surface area contributed by atoms with Crippen LogP contribution in [0.3, 0.4) is 0 Å². The van der Waals surface area contributed by atoms with E-state index in [1.165, 1.54) is 24.3 Å². The maximum absolute atomic E-state index is 12.6. The molecular weight excluding hydrogens is 442 g/mol. The molecule has 0 aromatic heterocycles. The lowest BCUT2D eigenvalue weighted by Crippen LogP contribution is -2.41. The molecule has 0 bridgehead atoms. The number of sulfonamides is 1. The average molecular weight is 468 g/mol. The van der Waals surface area contributed by atoms with E-state index >= 15 is 0 Å². The molecule has 3 rings (SSSR count). The standard InChI is InChI=1S/C24H25N3O5S/c1-4-32-21-11-6-18(7-12-21)23(28)25-26-24(29)19-8-13-22(14-9-19)33(30,31)27-20-10-5-16(2)17(3)15-20/h5-15,27H,4H2,1-3H3,(H,25,28)(H,26,29). The SMILES string of the molecule is CCOc1ccc(C(=O)NNC(=O)c2ccc(S(=O)(=O)Nc3ccc(C)c(C)c3)cc2)cc1. The Morgan fingerprint density at radius 3 is 1.85 bits per heavy atom. The Balaban J connectivity index is 1.61. The first-order valence-corrected chi connectivity index (χ1v) is 11.7. The Kier molecular flexibility index (Phi) is 7.34. The molecule has 0 fully saturated rings. The van der Waals surface area contributed by atoms with Gasteiger partial charge in [0.1, 0.15) is 5.75 Å². The van der Waals surface area contributed by atoms with Gasteiger partial charge in [0.15, 0.2) is 0 Å². The number of hydrogen-bond donors (Lipinski definition) is 3. The van der Waals surface area contributed by atoms with Crippen molar-refractivity contribution in [2.75, 3.05) is 11.3 Å². The second-order valence-corrected chi connectivity index (χ2v) is 8.98. The van der Waals surface area contributed by atoms with Crippen LogP contribution in [0.5, 0.6) is 5.75 Å². The normalized spacial score (nSPS) is 10.9. The summed E-state index contributed by atoms with van der Waals surface area (Å²) < 4.78 is 33.1. The maximum Gasteiger partial charge on any atom is 0.269 e. The first-order valence-electron chi connectivity index (χ1n) is 10.2. The van der Waals surface area contributed by atoms with E-state index in [0.717, 1.165) is 11.1 Å². The third kappa shape index (κ3) is 6.11. The summed E-state index contributed by atoms with van der Waals surface area (Å²) in [6, 6.07) is 17.1. The summed E-state index contributed by atoms with van der Waals surface area (Å²) in [5.74, 6) is -0.441. The molecule has 0 saturated heterocycles. The van der Waals surface area contributed by atoms with E-state index in [1.807, 2.05) is 26.8 Å². The Hall–Kier alpha value is -3.85. The molecule has 0 atom stereocenters. The molecular formula is C24H25N3O5S. The first-order chi connectivity index (χ1) is 15.7. The lowest BCUT2D eigenvalue weighted by Gasteiger charge is -2.11. The average Bonchev–Trinajstić information content (AvgIpc) is 2.80. The summed E-state index contributed by atoms with van der Waals surface area (Å²) in [6.45, 7) is 6.22. The highest BCUT2D eigenvalue weighted by atomic mass is 32.2. The minimum atomic E-state index is -3.82. The highest BCUT2D eigenvalue weighted by Crippen LogP contribution is 2.19. The molecule has 3 aromatic rings. The van der Waals surface area contributed by atoms with Crippen LogP contribution in [0, 0.1) is 13.8 Å². The van der Waals surface area contributed by atoms with Crippen molar-refractivity contribution in [2.24, 2.45) is 0 Å². The van der Waals surface area contributed by atoms with Gasteiger partial charge < -0.3 is 4.74 Å². The smallest absolute Gasteiger partial charge is 0.269 e. The molecule has 0 aliphatic rings. The third-order valence-electron chi connectivity index (χ3n) is 4.90. The Morgan fingerprint density at radius 1 is 0.788 bits per heavy atom. The second-order valence-electron chi connectivity index (χ2n) is 7.29. The molecule has 0 radical (unpaired) electrons.